The predicted molar refractivity (Wildman–Crippen MR) is 124 cm³/mol. The molecule has 0 atom stereocenters. The van der Waals surface area contributed by atoms with E-state index in [1.54, 1.807) is 17.8 Å². The minimum Gasteiger partial charge on any atom is -0.378 e. The molecule has 1 saturated heterocycles. The summed E-state index contributed by atoms with van der Waals surface area (Å²) in [4.78, 5) is 31.5. The van der Waals surface area contributed by atoms with Gasteiger partial charge < -0.3 is 24.8 Å². The Morgan fingerprint density at radius 2 is 1.94 bits per heavy atom. The summed E-state index contributed by atoms with van der Waals surface area (Å²) < 4.78 is 7.01. The van der Waals surface area contributed by atoms with Crippen LogP contribution in [0.5, 0.6) is 0 Å². The summed E-state index contributed by atoms with van der Waals surface area (Å²) in [5.41, 5.74) is 3.96. The first-order chi connectivity index (χ1) is 14.6. The van der Waals surface area contributed by atoms with Gasteiger partial charge in [-0.2, -0.15) is 0 Å². The fraction of sp³-hybridized carbons (Fsp3) is 0.522. The third-order valence-electron chi connectivity index (χ3n) is 5.33. The summed E-state index contributed by atoms with van der Waals surface area (Å²) in [5.74, 6) is 0. The number of anilines is 2. The second-order valence-electron chi connectivity index (χ2n) is 9.18. The van der Waals surface area contributed by atoms with Crippen molar-refractivity contribution in [1.29, 1.82) is 0 Å². The van der Waals surface area contributed by atoms with E-state index in [1.165, 1.54) is 0 Å². The smallest absolute Gasteiger partial charge is 0.319 e. The summed E-state index contributed by atoms with van der Waals surface area (Å²) in [6.45, 7) is 11.5. The Hall–Kier alpha value is -2.87. The lowest BCUT2D eigenvalue weighted by molar-refractivity contribution is 0.122. The molecular formula is C23H33N5O3. The molecule has 0 saturated carbocycles. The maximum atomic E-state index is 12.7. The number of carbonyl (C=O) groups is 1. The number of nitrogens with one attached hydrogen (secondary N) is 2. The maximum absolute atomic E-state index is 12.7. The molecule has 1 aliphatic heterocycles. The molecule has 0 aliphatic carbocycles. The van der Waals surface area contributed by atoms with Crippen LogP contribution in [0.3, 0.4) is 0 Å². The van der Waals surface area contributed by atoms with Crippen LogP contribution < -0.4 is 21.1 Å². The average Bonchev–Trinajstić information content (AvgIpc) is 2.71. The fourth-order valence-corrected chi connectivity index (χ4v) is 3.49. The van der Waals surface area contributed by atoms with Crippen LogP contribution in [0, 0.1) is 12.3 Å². The Morgan fingerprint density at radius 3 is 2.61 bits per heavy atom. The lowest BCUT2D eigenvalue weighted by Gasteiger charge is -2.28. The van der Waals surface area contributed by atoms with E-state index in [2.05, 4.69) is 41.3 Å². The SMILES string of the molecule is Cc1ncc(NC(=O)NCCC(C)(C)C)cc1-c1cc(N2CCOCC2)c(=O)n(C)c1. The van der Waals surface area contributed by atoms with Crippen LogP contribution in [0.15, 0.2) is 29.3 Å². The number of carbonyl (C=O) groups excluding carboxylic acids is 1. The Balaban J connectivity index is 1.82. The van der Waals surface area contributed by atoms with Gasteiger partial charge in [0.25, 0.3) is 5.56 Å². The van der Waals surface area contributed by atoms with Crippen molar-refractivity contribution in [2.75, 3.05) is 43.1 Å². The Kier molecular flexibility index (Phi) is 7.00. The van der Waals surface area contributed by atoms with Gasteiger partial charge in [0.05, 0.1) is 25.1 Å². The quantitative estimate of drug-likeness (QED) is 0.765. The molecule has 0 radical (unpaired) electrons. The highest BCUT2D eigenvalue weighted by Crippen LogP contribution is 2.27. The molecule has 168 valence electrons. The van der Waals surface area contributed by atoms with Gasteiger partial charge in [-0.1, -0.05) is 20.8 Å². The fourth-order valence-electron chi connectivity index (χ4n) is 3.49. The molecule has 0 bridgehead atoms. The summed E-state index contributed by atoms with van der Waals surface area (Å²) >= 11 is 0. The van der Waals surface area contributed by atoms with Gasteiger partial charge >= 0.3 is 6.03 Å². The zero-order valence-corrected chi connectivity index (χ0v) is 19.1. The molecule has 8 nitrogen and oxygen atoms in total. The van der Waals surface area contributed by atoms with Crippen molar-refractivity contribution in [2.45, 2.75) is 34.1 Å². The van der Waals surface area contributed by atoms with Gasteiger partial charge in [-0.15, -0.1) is 0 Å². The van der Waals surface area contributed by atoms with E-state index >= 15 is 0 Å². The third-order valence-corrected chi connectivity index (χ3v) is 5.33. The molecule has 2 amide bonds. The van der Waals surface area contributed by atoms with Crippen LogP contribution >= 0.6 is 0 Å². The standard InChI is InChI=1S/C23H33N5O3/c1-16-19(13-18(14-25-16)26-22(30)24-7-6-23(2,3)4)17-12-20(21(29)27(5)15-17)28-8-10-31-11-9-28/h12-15H,6-11H2,1-5H3,(H2,24,26,30). The first-order valence-electron chi connectivity index (χ1n) is 10.7. The molecule has 1 fully saturated rings. The van der Waals surface area contributed by atoms with Crippen molar-refractivity contribution in [2.24, 2.45) is 12.5 Å². The molecule has 8 heteroatoms. The molecule has 3 rings (SSSR count). The number of urea groups is 1. The average molecular weight is 428 g/mol. The van der Waals surface area contributed by atoms with Gasteiger partial charge in [-0.05, 0) is 30.9 Å². The number of aryl methyl sites for hydroxylation is 2. The molecule has 0 aromatic carbocycles. The van der Waals surface area contributed by atoms with Crippen molar-refractivity contribution in [1.82, 2.24) is 14.9 Å². The number of hydrogen-bond acceptors (Lipinski definition) is 5. The second kappa shape index (κ2) is 9.51. The highest BCUT2D eigenvalue weighted by atomic mass is 16.5. The Bertz CT molecular complexity index is 988. The normalized spacial score (nSPS) is 14.4. The topological polar surface area (TPSA) is 88.5 Å². The van der Waals surface area contributed by atoms with Crippen molar-refractivity contribution in [3.8, 4) is 11.1 Å². The van der Waals surface area contributed by atoms with Crippen LogP contribution in [-0.2, 0) is 11.8 Å². The molecule has 2 aromatic rings. The largest absolute Gasteiger partial charge is 0.378 e. The molecular weight excluding hydrogens is 394 g/mol. The number of hydrogen-bond donors (Lipinski definition) is 2. The molecule has 1 aliphatic rings. The summed E-state index contributed by atoms with van der Waals surface area (Å²) in [6, 6.07) is 3.55. The number of morpholine rings is 1. The number of aromatic nitrogens is 2. The van der Waals surface area contributed by atoms with E-state index in [0.717, 1.165) is 23.2 Å². The highest BCUT2D eigenvalue weighted by molar-refractivity contribution is 5.90. The zero-order valence-electron chi connectivity index (χ0n) is 19.1. The van der Waals surface area contributed by atoms with Gasteiger partial charge in [0.1, 0.15) is 5.69 Å². The molecule has 3 heterocycles. The first-order valence-corrected chi connectivity index (χ1v) is 10.7. The monoisotopic (exact) mass is 427 g/mol. The molecule has 2 aromatic heterocycles. The lowest BCUT2D eigenvalue weighted by atomic mass is 9.92. The zero-order chi connectivity index (χ0) is 22.6. The highest BCUT2D eigenvalue weighted by Gasteiger charge is 2.18. The van der Waals surface area contributed by atoms with Crippen molar-refractivity contribution >= 4 is 17.4 Å². The second-order valence-corrected chi connectivity index (χ2v) is 9.18. The predicted octanol–water partition coefficient (Wildman–Crippen LogP) is 3.15. The Labute approximate surface area is 183 Å². The minimum absolute atomic E-state index is 0.0382. The first kappa shape index (κ1) is 22.8. The van der Waals surface area contributed by atoms with Crippen LogP contribution in [-0.4, -0.2) is 48.4 Å². The van der Waals surface area contributed by atoms with Gasteiger partial charge in [-0.3, -0.25) is 9.78 Å². The summed E-state index contributed by atoms with van der Waals surface area (Å²) in [6.07, 6.45) is 4.34. The number of amides is 2. The van der Waals surface area contributed by atoms with E-state index in [9.17, 15) is 9.59 Å². The van der Waals surface area contributed by atoms with Gasteiger partial charge in [-0.25, -0.2) is 4.79 Å². The van der Waals surface area contributed by atoms with Crippen LogP contribution in [0.25, 0.3) is 11.1 Å². The number of pyridine rings is 2. The van der Waals surface area contributed by atoms with E-state index in [1.807, 2.05) is 25.3 Å². The van der Waals surface area contributed by atoms with Crippen LogP contribution in [0.1, 0.15) is 32.9 Å². The number of nitrogens with zero attached hydrogens (tertiary/aromatic N) is 3. The van der Waals surface area contributed by atoms with Gasteiger partial charge in [0.2, 0.25) is 0 Å². The molecule has 2 N–H and O–H groups in total. The van der Waals surface area contributed by atoms with Crippen molar-refractivity contribution < 1.29 is 9.53 Å². The van der Waals surface area contributed by atoms with Gasteiger partial charge in [0.15, 0.2) is 0 Å². The summed E-state index contributed by atoms with van der Waals surface area (Å²) in [7, 11) is 1.75. The summed E-state index contributed by atoms with van der Waals surface area (Å²) in [5, 5.41) is 5.75. The molecule has 0 spiro atoms. The van der Waals surface area contributed by atoms with Crippen LogP contribution in [0.2, 0.25) is 0 Å². The van der Waals surface area contributed by atoms with Crippen molar-refractivity contribution in [3.05, 3.63) is 40.6 Å². The number of ether oxygens (including phenoxy) is 1. The van der Waals surface area contributed by atoms with Crippen LogP contribution in [0.4, 0.5) is 16.2 Å². The third kappa shape index (κ3) is 6.07. The Morgan fingerprint density at radius 1 is 1.23 bits per heavy atom. The van der Waals surface area contributed by atoms with E-state index in [-0.39, 0.29) is 17.0 Å². The maximum Gasteiger partial charge on any atom is 0.319 e. The lowest BCUT2D eigenvalue weighted by Crippen LogP contribution is -2.40. The van der Waals surface area contributed by atoms with Gasteiger partial charge in [0, 0.05) is 49.7 Å². The van der Waals surface area contributed by atoms with E-state index in [0.29, 0.717) is 44.2 Å². The van der Waals surface area contributed by atoms with Crippen molar-refractivity contribution in [3.63, 3.8) is 0 Å². The van der Waals surface area contributed by atoms with E-state index in [4.69, 9.17) is 4.74 Å². The van der Waals surface area contributed by atoms with E-state index < -0.39 is 0 Å². The molecule has 0 unspecified atom stereocenters. The minimum atomic E-state index is -0.254. The molecule has 31 heavy (non-hydrogen) atoms. The number of rotatable bonds is 5.